The van der Waals surface area contributed by atoms with Gasteiger partial charge in [-0.2, -0.15) is 0 Å². The molecular formula is C22H19ClN2O5S2. The third-order valence-electron chi connectivity index (χ3n) is 5.65. The number of halogens is 1. The van der Waals surface area contributed by atoms with Gasteiger partial charge in [0.1, 0.15) is 12.4 Å². The van der Waals surface area contributed by atoms with Crippen LogP contribution in [0.3, 0.4) is 0 Å². The first-order valence-electron chi connectivity index (χ1n) is 9.84. The predicted molar refractivity (Wildman–Crippen MR) is 123 cm³/mol. The van der Waals surface area contributed by atoms with Crippen molar-refractivity contribution in [3.63, 3.8) is 0 Å². The molecule has 0 amide bonds. The molecule has 5 rings (SSSR count). The summed E-state index contributed by atoms with van der Waals surface area (Å²) in [6.45, 7) is 1.65. The number of rotatable bonds is 3. The first-order chi connectivity index (χ1) is 15.2. The molecule has 0 unspecified atom stereocenters. The Balaban J connectivity index is 1.82. The summed E-state index contributed by atoms with van der Waals surface area (Å²) in [5.74, 6) is 0.598. The highest BCUT2D eigenvalue weighted by atomic mass is 35.7. The van der Waals surface area contributed by atoms with Crippen LogP contribution in [-0.2, 0) is 25.6 Å². The summed E-state index contributed by atoms with van der Waals surface area (Å²) in [5.41, 5.74) is 0.951. The van der Waals surface area contributed by atoms with Crippen molar-refractivity contribution in [1.82, 2.24) is 8.87 Å². The molecule has 0 fully saturated rings. The van der Waals surface area contributed by atoms with Crippen LogP contribution in [0, 0.1) is 0 Å². The highest BCUT2D eigenvalue weighted by Crippen LogP contribution is 2.37. The van der Waals surface area contributed by atoms with Crippen molar-refractivity contribution in [3.05, 3.63) is 66.2 Å². The Morgan fingerprint density at radius 1 is 0.938 bits per heavy atom. The smallest absolute Gasteiger partial charge is 0.277 e. The Morgan fingerprint density at radius 3 is 2.44 bits per heavy atom. The topological polar surface area (TPSA) is 85.7 Å². The van der Waals surface area contributed by atoms with Crippen molar-refractivity contribution in [1.29, 1.82) is 0 Å². The van der Waals surface area contributed by atoms with E-state index in [4.69, 9.17) is 15.4 Å². The summed E-state index contributed by atoms with van der Waals surface area (Å²) in [6.07, 6.45) is 0. The van der Waals surface area contributed by atoms with Gasteiger partial charge in [0.05, 0.1) is 10.4 Å². The molecule has 166 valence electrons. The third-order valence-corrected chi connectivity index (χ3v) is 8.76. The van der Waals surface area contributed by atoms with E-state index in [2.05, 4.69) is 0 Å². The molecule has 0 N–H and O–H groups in total. The summed E-state index contributed by atoms with van der Waals surface area (Å²) in [4.78, 5) is 1.99. The van der Waals surface area contributed by atoms with E-state index in [1.165, 1.54) is 18.2 Å². The quantitative estimate of drug-likeness (QED) is 0.406. The second kappa shape index (κ2) is 7.48. The lowest BCUT2D eigenvalue weighted by Crippen LogP contribution is -2.20. The Bertz CT molecular complexity index is 1590. The summed E-state index contributed by atoms with van der Waals surface area (Å²) in [7, 11) is -1.03. The molecule has 0 aliphatic carbocycles. The van der Waals surface area contributed by atoms with Crippen molar-refractivity contribution in [3.8, 4) is 5.75 Å². The van der Waals surface area contributed by atoms with Crippen LogP contribution in [0.2, 0.25) is 0 Å². The Hall–Kier alpha value is -2.59. The lowest BCUT2D eigenvalue weighted by atomic mass is 10.1. The SMILES string of the molecule is CN1CCOc2ccc3c(cc(S(=O)(=O)Cl)n3S(=O)(=O)c3ccc4ccccc4c3)c2C1. The van der Waals surface area contributed by atoms with Gasteiger partial charge in [0.25, 0.3) is 19.1 Å². The molecule has 1 aliphatic rings. The average molecular weight is 491 g/mol. The lowest BCUT2D eigenvalue weighted by molar-refractivity contribution is 0.259. The molecule has 0 saturated heterocycles. The van der Waals surface area contributed by atoms with Crippen LogP contribution in [0.4, 0.5) is 0 Å². The first-order valence-corrected chi connectivity index (χ1v) is 13.6. The molecule has 1 aromatic heterocycles. The number of nitrogens with zero attached hydrogens (tertiary/aromatic N) is 2. The Morgan fingerprint density at radius 2 is 1.69 bits per heavy atom. The van der Waals surface area contributed by atoms with E-state index in [1.807, 2.05) is 30.1 Å². The molecule has 4 aromatic rings. The second-order valence-corrected chi connectivity index (χ2v) is 12.1. The van der Waals surface area contributed by atoms with Gasteiger partial charge >= 0.3 is 0 Å². The summed E-state index contributed by atoms with van der Waals surface area (Å²) < 4.78 is 59.0. The van der Waals surface area contributed by atoms with E-state index in [0.717, 1.165) is 20.3 Å². The average Bonchev–Trinajstić information content (AvgIpc) is 3.06. The third kappa shape index (κ3) is 3.45. The van der Waals surface area contributed by atoms with Crippen LogP contribution in [0.5, 0.6) is 5.75 Å². The van der Waals surface area contributed by atoms with E-state index in [-0.39, 0.29) is 10.4 Å². The minimum Gasteiger partial charge on any atom is -0.492 e. The molecule has 10 heteroatoms. The molecule has 7 nitrogen and oxygen atoms in total. The van der Waals surface area contributed by atoms with Gasteiger partial charge in [0.2, 0.25) is 0 Å². The normalized spacial score (nSPS) is 15.4. The molecule has 0 bridgehead atoms. The zero-order valence-electron chi connectivity index (χ0n) is 17.0. The van der Waals surface area contributed by atoms with Crippen LogP contribution in [-0.4, -0.2) is 45.9 Å². The molecule has 3 aromatic carbocycles. The molecule has 0 atom stereocenters. The van der Waals surface area contributed by atoms with E-state index in [9.17, 15) is 16.8 Å². The van der Waals surface area contributed by atoms with Crippen molar-refractivity contribution in [2.75, 3.05) is 20.2 Å². The van der Waals surface area contributed by atoms with Crippen LogP contribution in [0.25, 0.3) is 21.7 Å². The monoisotopic (exact) mass is 490 g/mol. The van der Waals surface area contributed by atoms with Crippen LogP contribution in [0.15, 0.2) is 70.6 Å². The largest absolute Gasteiger partial charge is 0.492 e. The number of likely N-dealkylation sites (N-methyl/N-ethyl adjacent to an activating group) is 1. The van der Waals surface area contributed by atoms with Gasteiger partial charge < -0.3 is 4.74 Å². The maximum absolute atomic E-state index is 13.7. The van der Waals surface area contributed by atoms with Gasteiger partial charge in [-0.05, 0) is 48.2 Å². The van der Waals surface area contributed by atoms with Crippen molar-refractivity contribution < 1.29 is 21.6 Å². The molecule has 1 aliphatic heterocycles. The van der Waals surface area contributed by atoms with Gasteiger partial charge in [-0.1, -0.05) is 30.3 Å². The van der Waals surface area contributed by atoms with Gasteiger partial charge in [0, 0.05) is 34.7 Å². The van der Waals surface area contributed by atoms with E-state index in [0.29, 0.717) is 30.8 Å². The standard InChI is InChI=1S/C22H19ClN2O5S2/c1-24-10-11-30-21-9-8-20-18(19(21)14-24)13-22(31(23,26)27)25(20)32(28,29)17-7-6-15-4-2-3-5-16(15)12-17/h2-9,12-13H,10-11,14H2,1H3. The van der Waals surface area contributed by atoms with Gasteiger partial charge in [-0.15, -0.1) is 0 Å². The molecule has 0 radical (unpaired) electrons. The fraction of sp³-hybridized carbons (Fsp3) is 0.182. The van der Waals surface area contributed by atoms with Crippen LogP contribution < -0.4 is 4.74 Å². The zero-order chi connectivity index (χ0) is 22.7. The highest BCUT2D eigenvalue weighted by Gasteiger charge is 2.31. The van der Waals surface area contributed by atoms with E-state index < -0.39 is 24.1 Å². The molecule has 2 heterocycles. The Labute approximate surface area is 190 Å². The second-order valence-electron chi connectivity index (χ2n) is 7.76. The number of fused-ring (bicyclic) bond motifs is 4. The predicted octanol–water partition coefficient (Wildman–Crippen LogP) is 3.78. The summed E-state index contributed by atoms with van der Waals surface area (Å²) >= 11 is 0. The minimum absolute atomic E-state index is 0.0291. The molecule has 0 spiro atoms. The zero-order valence-corrected chi connectivity index (χ0v) is 19.4. The number of hydrogen-bond acceptors (Lipinski definition) is 6. The van der Waals surface area contributed by atoms with Crippen molar-refractivity contribution in [2.24, 2.45) is 0 Å². The molecule has 32 heavy (non-hydrogen) atoms. The fourth-order valence-electron chi connectivity index (χ4n) is 4.08. The number of ether oxygens (including phenoxy) is 1. The summed E-state index contributed by atoms with van der Waals surface area (Å²) in [6, 6.07) is 16.6. The van der Waals surface area contributed by atoms with Gasteiger partial charge in [-0.3, -0.25) is 4.90 Å². The molecule has 0 saturated carbocycles. The highest BCUT2D eigenvalue weighted by molar-refractivity contribution is 8.14. The number of aromatic nitrogens is 1. The van der Waals surface area contributed by atoms with E-state index >= 15 is 0 Å². The maximum atomic E-state index is 13.7. The van der Waals surface area contributed by atoms with Gasteiger partial charge in [-0.25, -0.2) is 20.8 Å². The maximum Gasteiger partial charge on any atom is 0.277 e. The van der Waals surface area contributed by atoms with Crippen LogP contribution in [0.1, 0.15) is 5.56 Å². The van der Waals surface area contributed by atoms with Gasteiger partial charge in [0.15, 0.2) is 5.03 Å². The number of hydrogen-bond donors (Lipinski definition) is 0. The molecular weight excluding hydrogens is 472 g/mol. The minimum atomic E-state index is -4.38. The Kier molecular flexibility index (Phi) is 4.97. The number of benzene rings is 3. The van der Waals surface area contributed by atoms with Crippen molar-refractivity contribution in [2.45, 2.75) is 16.5 Å². The first kappa shape index (κ1) is 21.3. The van der Waals surface area contributed by atoms with E-state index in [1.54, 1.807) is 24.3 Å². The fourth-order valence-corrected chi connectivity index (χ4v) is 7.12. The lowest BCUT2D eigenvalue weighted by Gasteiger charge is -2.14. The van der Waals surface area contributed by atoms with Crippen LogP contribution >= 0.6 is 10.7 Å². The van der Waals surface area contributed by atoms with Crippen molar-refractivity contribution >= 4 is 51.4 Å². The summed E-state index contributed by atoms with van der Waals surface area (Å²) in [5, 5.41) is 1.58.